The first-order chi connectivity index (χ1) is 12.8. The molecule has 134 valence electrons. The lowest BCUT2D eigenvalue weighted by molar-refractivity contribution is 0.317. The van der Waals surface area contributed by atoms with E-state index >= 15 is 0 Å². The molecule has 0 unspecified atom stereocenters. The molecule has 1 aromatic heterocycles. The van der Waals surface area contributed by atoms with E-state index in [9.17, 15) is 0 Å². The van der Waals surface area contributed by atoms with E-state index in [1.807, 2.05) is 16.9 Å². The Morgan fingerprint density at radius 1 is 0.885 bits per heavy atom. The van der Waals surface area contributed by atoms with E-state index in [0.717, 1.165) is 32.7 Å². The van der Waals surface area contributed by atoms with Gasteiger partial charge in [-0.25, -0.2) is 0 Å². The number of hydrogen-bond donors (Lipinski definition) is 1. The zero-order valence-electron chi connectivity index (χ0n) is 15.0. The van der Waals surface area contributed by atoms with Crippen LogP contribution >= 0.6 is 0 Å². The fourth-order valence-electron chi connectivity index (χ4n) is 4.01. The second kappa shape index (κ2) is 7.85. The zero-order valence-corrected chi connectivity index (χ0v) is 15.0. The zero-order chi connectivity index (χ0) is 17.8. The second-order valence-corrected chi connectivity index (χ2v) is 7.24. The number of nitrogens with two attached hydrogens (primary N) is 1. The molecule has 4 nitrogen and oxygen atoms in total. The Balaban J connectivity index is 1.40. The van der Waals surface area contributed by atoms with Crippen LogP contribution in [0.15, 0.2) is 73.1 Å². The average Bonchev–Trinajstić information content (AvgIpc) is 3.30. The molecule has 1 fully saturated rings. The van der Waals surface area contributed by atoms with Gasteiger partial charge in [0.05, 0.1) is 12.7 Å². The highest BCUT2D eigenvalue weighted by Crippen LogP contribution is 2.32. The molecular formula is C22H26N4. The molecule has 0 saturated carbocycles. The summed E-state index contributed by atoms with van der Waals surface area (Å²) in [4.78, 5) is 2.51. The summed E-state index contributed by atoms with van der Waals surface area (Å²) < 4.78 is 2.02. The number of rotatable bonds is 6. The Kier molecular flexibility index (Phi) is 5.14. The summed E-state index contributed by atoms with van der Waals surface area (Å²) in [6.45, 7) is 4.62. The topological polar surface area (TPSA) is 47.1 Å². The quantitative estimate of drug-likeness (QED) is 0.746. The Bertz CT molecular complexity index is 812. The van der Waals surface area contributed by atoms with Crippen molar-refractivity contribution in [2.45, 2.75) is 19.0 Å². The van der Waals surface area contributed by atoms with Gasteiger partial charge in [-0.15, -0.1) is 0 Å². The summed E-state index contributed by atoms with van der Waals surface area (Å²) in [7, 11) is 0. The highest BCUT2D eigenvalue weighted by atomic mass is 15.3. The molecule has 4 heteroatoms. The van der Waals surface area contributed by atoms with E-state index in [1.54, 1.807) is 0 Å². The summed E-state index contributed by atoms with van der Waals surface area (Å²) in [5.41, 5.74) is 10.0. The molecule has 2 N–H and O–H groups in total. The van der Waals surface area contributed by atoms with Gasteiger partial charge in [0.1, 0.15) is 0 Å². The van der Waals surface area contributed by atoms with Crippen LogP contribution in [0.5, 0.6) is 0 Å². The minimum atomic E-state index is 0.525. The Labute approximate surface area is 155 Å². The molecule has 0 amide bonds. The molecule has 0 radical (unpaired) electrons. The average molecular weight is 346 g/mol. The number of likely N-dealkylation sites (tertiary alicyclic amines) is 1. The molecule has 1 aliphatic heterocycles. The molecule has 0 spiro atoms. The molecular weight excluding hydrogens is 320 g/mol. The molecule has 4 rings (SSSR count). The summed E-state index contributed by atoms with van der Waals surface area (Å²) in [5.74, 6) is 1.05. The third-order valence-electron chi connectivity index (χ3n) is 5.33. The second-order valence-electron chi connectivity index (χ2n) is 7.24. The predicted octanol–water partition coefficient (Wildman–Crippen LogP) is 3.11. The van der Waals surface area contributed by atoms with Gasteiger partial charge in [-0.3, -0.25) is 9.58 Å². The monoisotopic (exact) mass is 346 g/mol. The summed E-state index contributed by atoms with van der Waals surface area (Å²) in [6.07, 6.45) is 4.16. The largest absolute Gasteiger partial charge is 0.330 e. The van der Waals surface area contributed by atoms with E-state index in [2.05, 4.69) is 70.8 Å². The maximum absolute atomic E-state index is 6.06. The van der Waals surface area contributed by atoms with E-state index in [1.165, 1.54) is 16.7 Å². The predicted molar refractivity (Wildman–Crippen MR) is 105 cm³/mol. The van der Waals surface area contributed by atoms with Gasteiger partial charge < -0.3 is 5.73 Å². The minimum absolute atomic E-state index is 0.525. The fourth-order valence-corrected chi connectivity index (χ4v) is 4.01. The van der Waals surface area contributed by atoms with Crippen molar-refractivity contribution in [1.29, 1.82) is 0 Å². The van der Waals surface area contributed by atoms with Crippen molar-refractivity contribution in [2.24, 2.45) is 11.7 Å². The lowest BCUT2D eigenvalue weighted by Gasteiger charge is -2.16. The maximum Gasteiger partial charge on any atom is 0.0659 e. The molecule has 0 aliphatic carbocycles. The van der Waals surface area contributed by atoms with Gasteiger partial charge in [0, 0.05) is 37.3 Å². The van der Waals surface area contributed by atoms with Crippen molar-refractivity contribution in [3.63, 3.8) is 0 Å². The van der Waals surface area contributed by atoms with Crippen LogP contribution in [0.4, 0.5) is 0 Å². The van der Waals surface area contributed by atoms with Crippen LogP contribution in [-0.4, -0.2) is 34.3 Å². The van der Waals surface area contributed by atoms with Crippen molar-refractivity contribution >= 4 is 0 Å². The van der Waals surface area contributed by atoms with Gasteiger partial charge in [-0.05, 0) is 23.6 Å². The van der Waals surface area contributed by atoms with Gasteiger partial charge >= 0.3 is 0 Å². The first-order valence-electron chi connectivity index (χ1n) is 9.34. The van der Waals surface area contributed by atoms with Crippen molar-refractivity contribution in [3.05, 3.63) is 89.7 Å². The lowest BCUT2D eigenvalue weighted by atomic mass is 9.89. The summed E-state index contributed by atoms with van der Waals surface area (Å²) in [5, 5.41) is 4.54. The van der Waals surface area contributed by atoms with Gasteiger partial charge in [0.15, 0.2) is 0 Å². The molecule has 2 heterocycles. The molecule has 1 saturated heterocycles. The maximum atomic E-state index is 6.06. The van der Waals surface area contributed by atoms with E-state index in [0.29, 0.717) is 11.8 Å². The van der Waals surface area contributed by atoms with Crippen molar-refractivity contribution in [1.82, 2.24) is 14.7 Å². The van der Waals surface area contributed by atoms with Crippen molar-refractivity contribution in [3.8, 4) is 0 Å². The standard InChI is InChI=1S/C22H26N4/c23-11-21-16-25(17-22(21)20-9-5-2-6-10-20)13-19-12-24-26(15-19)14-18-7-3-1-4-8-18/h1-10,12,15,21-22H,11,13-14,16-17,23H2/t21-,22+/m1/s1. The number of benzene rings is 2. The molecule has 3 aromatic rings. The normalized spacial score (nSPS) is 20.5. The van der Waals surface area contributed by atoms with Crippen LogP contribution in [0.25, 0.3) is 0 Å². The van der Waals surface area contributed by atoms with E-state index in [-0.39, 0.29) is 0 Å². The van der Waals surface area contributed by atoms with Crippen LogP contribution in [0, 0.1) is 5.92 Å². The number of hydrogen-bond acceptors (Lipinski definition) is 3. The Hall–Kier alpha value is -2.43. The van der Waals surface area contributed by atoms with Gasteiger partial charge in [-0.1, -0.05) is 60.7 Å². The highest BCUT2D eigenvalue weighted by molar-refractivity contribution is 5.23. The highest BCUT2D eigenvalue weighted by Gasteiger charge is 2.32. The Morgan fingerprint density at radius 2 is 1.62 bits per heavy atom. The van der Waals surface area contributed by atoms with Gasteiger partial charge in [0.25, 0.3) is 0 Å². The third-order valence-corrected chi connectivity index (χ3v) is 5.33. The molecule has 26 heavy (non-hydrogen) atoms. The Morgan fingerprint density at radius 3 is 2.35 bits per heavy atom. The smallest absolute Gasteiger partial charge is 0.0659 e. The molecule has 2 aromatic carbocycles. The van der Waals surface area contributed by atoms with E-state index < -0.39 is 0 Å². The van der Waals surface area contributed by atoms with Crippen LogP contribution in [0.2, 0.25) is 0 Å². The van der Waals surface area contributed by atoms with Crippen LogP contribution in [0.3, 0.4) is 0 Å². The lowest BCUT2D eigenvalue weighted by Crippen LogP contribution is -2.23. The summed E-state index contributed by atoms with van der Waals surface area (Å²) >= 11 is 0. The van der Waals surface area contributed by atoms with Gasteiger partial charge in [0.2, 0.25) is 0 Å². The minimum Gasteiger partial charge on any atom is -0.330 e. The van der Waals surface area contributed by atoms with Crippen LogP contribution < -0.4 is 5.73 Å². The molecule has 1 aliphatic rings. The summed E-state index contributed by atoms with van der Waals surface area (Å²) in [6, 6.07) is 21.2. The molecule has 2 atom stereocenters. The third kappa shape index (κ3) is 3.87. The van der Waals surface area contributed by atoms with Crippen molar-refractivity contribution in [2.75, 3.05) is 19.6 Å². The van der Waals surface area contributed by atoms with Gasteiger partial charge in [-0.2, -0.15) is 5.10 Å². The molecule has 0 bridgehead atoms. The fraction of sp³-hybridized carbons (Fsp3) is 0.318. The SMILES string of the molecule is NC[C@@H]1CN(Cc2cnn(Cc3ccccc3)c2)C[C@H]1c1ccccc1. The number of aromatic nitrogens is 2. The number of nitrogens with zero attached hydrogens (tertiary/aromatic N) is 3. The first kappa shape index (κ1) is 17.0. The van der Waals surface area contributed by atoms with Crippen molar-refractivity contribution < 1.29 is 0 Å². The van der Waals surface area contributed by atoms with E-state index in [4.69, 9.17) is 5.73 Å². The van der Waals surface area contributed by atoms with Crippen LogP contribution in [-0.2, 0) is 13.1 Å². The first-order valence-corrected chi connectivity index (χ1v) is 9.34. The van der Waals surface area contributed by atoms with Crippen LogP contribution in [0.1, 0.15) is 22.6 Å².